The van der Waals surface area contributed by atoms with E-state index in [4.69, 9.17) is 16.3 Å². The van der Waals surface area contributed by atoms with Gasteiger partial charge in [-0.05, 0) is 39.5 Å². The number of halogens is 3. The average molecular weight is 350 g/mol. The molecule has 1 aromatic heterocycles. The number of hydrogen-bond acceptors (Lipinski definition) is 3. The van der Waals surface area contributed by atoms with E-state index in [0.29, 0.717) is 15.1 Å². The zero-order chi connectivity index (χ0) is 13.3. The van der Waals surface area contributed by atoms with Crippen molar-refractivity contribution in [3.05, 3.63) is 49.3 Å². The van der Waals surface area contributed by atoms with Gasteiger partial charge in [-0.15, -0.1) is 11.3 Å². The fourth-order valence-electron chi connectivity index (χ4n) is 1.44. The summed E-state index contributed by atoms with van der Waals surface area (Å²) in [7, 11) is 1.46. The SMILES string of the molecule is COc1ccsc1C(=O)c1cc(Cl)c(Br)cc1F. The minimum atomic E-state index is -0.619. The fourth-order valence-corrected chi connectivity index (χ4v) is 2.73. The van der Waals surface area contributed by atoms with Gasteiger partial charge in [-0.1, -0.05) is 11.6 Å². The number of carbonyl (C=O) groups excluding carboxylic acids is 1. The van der Waals surface area contributed by atoms with Gasteiger partial charge in [0.25, 0.3) is 0 Å². The van der Waals surface area contributed by atoms with Crippen LogP contribution in [0.4, 0.5) is 4.39 Å². The number of methoxy groups -OCH3 is 1. The summed E-state index contributed by atoms with van der Waals surface area (Å²) >= 11 is 10.2. The summed E-state index contributed by atoms with van der Waals surface area (Å²) < 4.78 is 19.2. The smallest absolute Gasteiger partial charge is 0.209 e. The first-order chi connectivity index (χ1) is 8.54. The third kappa shape index (κ3) is 2.43. The Labute approximate surface area is 120 Å². The first-order valence-electron chi connectivity index (χ1n) is 4.85. The number of hydrogen-bond donors (Lipinski definition) is 0. The van der Waals surface area contributed by atoms with Crippen molar-refractivity contribution in [2.24, 2.45) is 0 Å². The molecule has 0 radical (unpaired) electrons. The molecular weight excluding hydrogens is 343 g/mol. The van der Waals surface area contributed by atoms with Crippen LogP contribution in [-0.4, -0.2) is 12.9 Å². The third-order valence-electron chi connectivity index (χ3n) is 2.31. The van der Waals surface area contributed by atoms with E-state index in [1.807, 2.05) is 0 Å². The second-order valence-electron chi connectivity index (χ2n) is 3.39. The average Bonchev–Trinajstić information content (AvgIpc) is 2.81. The first-order valence-corrected chi connectivity index (χ1v) is 6.90. The molecule has 94 valence electrons. The van der Waals surface area contributed by atoms with Crippen molar-refractivity contribution < 1.29 is 13.9 Å². The molecule has 2 nitrogen and oxygen atoms in total. The van der Waals surface area contributed by atoms with Gasteiger partial charge in [-0.25, -0.2) is 4.39 Å². The normalized spacial score (nSPS) is 10.4. The predicted molar refractivity (Wildman–Crippen MR) is 73.4 cm³/mol. The number of ketones is 1. The summed E-state index contributed by atoms with van der Waals surface area (Å²) in [5.41, 5.74) is -0.0658. The quantitative estimate of drug-likeness (QED) is 0.600. The van der Waals surface area contributed by atoms with E-state index in [2.05, 4.69) is 15.9 Å². The molecule has 0 aliphatic heterocycles. The summed E-state index contributed by atoms with van der Waals surface area (Å²) in [4.78, 5) is 12.5. The van der Waals surface area contributed by atoms with Crippen LogP contribution in [0.5, 0.6) is 5.75 Å². The lowest BCUT2D eigenvalue weighted by Crippen LogP contribution is -2.04. The molecule has 18 heavy (non-hydrogen) atoms. The molecule has 0 saturated carbocycles. The Kier molecular flexibility index (Phi) is 4.04. The lowest BCUT2D eigenvalue weighted by atomic mass is 10.1. The van der Waals surface area contributed by atoms with E-state index in [1.165, 1.54) is 30.6 Å². The standard InChI is InChI=1S/C12H7BrClFO2S/c1-17-10-2-3-18-12(10)11(16)6-4-8(14)7(13)5-9(6)15/h2-5H,1H3. The summed E-state index contributed by atoms with van der Waals surface area (Å²) in [6.45, 7) is 0. The molecule has 0 saturated heterocycles. The lowest BCUT2D eigenvalue weighted by molar-refractivity contribution is 0.103. The Hall–Kier alpha value is -0.910. The van der Waals surface area contributed by atoms with Crippen LogP contribution < -0.4 is 4.74 Å². The number of rotatable bonds is 3. The molecule has 0 atom stereocenters. The van der Waals surface area contributed by atoms with Crippen LogP contribution in [0.2, 0.25) is 5.02 Å². The van der Waals surface area contributed by atoms with Gasteiger partial charge >= 0.3 is 0 Å². The van der Waals surface area contributed by atoms with Crippen LogP contribution in [0.15, 0.2) is 28.1 Å². The molecule has 0 aliphatic carbocycles. The topological polar surface area (TPSA) is 26.3 Å². The molecule has 0 amide bonds. The fraction of sp³-hybridized carbons (Fsp3) is 0.0833. The number of thiophene rings is 1. The Balaban J connectivity index is 2.50. The summed E-state index contributed by atoms with van der Waals surface area (Å²) in [5, 5.41) is 2.00. The second-order valence-corrected chi connectivity index (χ2v) is 5.57. The third-order valence-corrected chi connectivity index (χ3v) is 4.40. The molecular formula is C12H7BrClFO2S. The minimum Gasteiger partial charge on any atom is -0.495 e. The minimum absolute atomic E-state index is 0.0658. The van der Waals surface area contributed by atoms with Gasteiger partial charge in [0, 0.05) is 4.47 Å². The van der Waals surface area contributed by atoms with E-state index in [-0.39, 0.29) is 10.6 Å². The van der Waals surface area contributed by atoms with Crippen molar-refractivity contribution in [1.82, 2.24) is 0 Å². The Morgan fingerprint density at radius 3 is 2.89 bits per heavy atom. The molecule has 6 heteroatoms. The number of benzene rings is 1. The lowest BCUT2D eigenvalue weighted by Gasteiger charge is -2.05. The Morgan fingerprint density at radius 1 is 1.50 bits per heavy atom. The molecule has 2 aromatic rings. The highest BCUT2D eigenvalue weighted by molar-refractivity contribution is 9.10. The van der Waals surface area contributed by atoms with E-state index in [1.54, 1.807) is 11.4 Å². The maximum atomic E-state index is 13.8. The van der Waals surface area contributed by atoms with E-state index in [9.17, 15) is 9.18 Å². The monoisotopic (exact) mass is 348 g/mol. The molecule has 1 aromatic carbocycles. The number of ether oxygens (including phenoxy) is 1. The van der Waals surface area contributed by atoms with E-state index < -0.39 is 11.6 Å². The van der Waals surface area contributed by atoms with Crippen LogP contribution in [0.3, 0.4) is 0 Å². The van der Waals surface area contributed by atoms with E-state index >= 15 is 0 Å². The van der Waals surface area contributed by atoms with Crippen molar-refractivity contribution in [3.63, 3.8) is 0 Å². The Morgan fingerprint density at radius 2 is 2.22 bits per heavy atom. The van der Waals surface area contributed by atoms with Gasteiger partial charge in [-0.3, -0.25) is 4.79 Å². The molecule has 0 bridgehead atoms. The van der Waals surface area contributed by atoms with Crippen molar-refractivity contribution >= 4 is 44.7 Å². The summed E-state index contributed by atoms with van der Waals surface area (Å²) in [6.07, 6.45) is 0. The summed E-state index contributed by atoms with van der Waals surface area (Å²) in [6, 6.07) is 4.15. The van der Waals surface area contributed by atoms with Gasteiger partial charge in [-0.2, -0.15) is 0 Å². The maximum Gasteiger partial charge on any atom is 0.209 e. The molecule has 0 fully saturated rings. The van der Waals surface area contributed by atoms with Crippen LogP contribution in [-0.2, 0) is 0 Å². The van der Waals surface area contributed by atoms with Crippen LogP contribution in [0.25, 0.3) is 0 Å². The van der Waals surface area contributed by atoms with Crippen molar-refractivity contribution in [1.29, 1.82) is 0 Å². The van der Waals surface area contributed by atoms with Gasteiger partial charge in [0.2, 0.25) is 5.78 Å². The molecule has 0 spiro atoms. The van der Waals surface area contributed by atoms with Crippen molar-refractivity contribution in [3.8, 4) is 5.75 Å². The maximum absolute atomic E-state index is 13.8. The second kappa shape index (κ2) is 5.38. The predicted octanol–water partition coefficient (Wildman–Crippen LogP) is 4.54. The molecule has 0 unspecified atom stereocenters. The van der Waals surface area contributed by atoms with Crippen LogP contribution in [0, 0.1) is 5.82 Å². The Bertz CT molecular complexity index is 612. The van der Waals surface area contributed by atoms with Gasteiger partial charge < -0.3 is 4.74 Å². The van der Waals surface area contributed by atoms with Gasteiger partial charge in [0.1, 0.15) is 16.4 Å². The van der Waals surface area contributed by atoms with Gasteiger partial charge in [0.15, 0.2) is 0 Å². The molecule has 1 heterocycles. The zero-order valence-electron chi connectivity index (χ0n) is 9.17. The highest BCUT2D eigenvalue weighted by Gasteiger charge is 2.20. The van der Waals surface area contributed by atoms with E-state index in [0.717, 1.165) is 0 Å². The van der Waals surface area contributed by atoms with Crippen molar-refractivity contribution in [2.45, 2.75) is 0 Å². The van der Waals surface area contributed by atoms with Crippen molar-refractivity contribution in [2.75, 3.05) is 7.11 Å². The largest absolute Gasteiger partial charge is 0.495 e. The van der Waals surface area contributed by atoms with Crippen LogP contribution >= 0.6 is 38.9 Å². The zero-order valence-corrected chi connectivity index (χ0v) is 12.3. The number of carbonyl (C=O) groups is 1. The first kappa shape index (κ1) is 13.5. The van der Waals surface area contributed by atoms with Gasteiger partial charge in [0.05, 0.1) is 17.7 Å². The highest BCUT2D eigenvalue weighted by atomic mass is 79.9. The summed E-state index contributed by atoms with van der Waals surface area (Å²) in [5.74, 6) is -0.621. The molecule has 0 aliphatic rings. The highest BCUT2D eigenvalue weighted by Crippen LogP contribution is 2.31. The molecule has 0 N–H and O–H groups in total. The van der Waals surface area contributed by atoms with Crippen LogP contribution in [0.1, 0.15) is 15.2 Å². The molecule has 2 rings (SSSR count).